The normalized spacial score (nSPS) is 16.8. The quantitative estimate of drug-likeness (QED) is 0.778. The first-order valence-corrected chi connectivity index (χ1v) is 8.00. The maximum absolute atomic E-state index is 4.89. The van der Waals surface area contributed by atoms with Crippen LogP contribution >= 0.6 is 0 Å². The van der Waals surface area contributed by atoms with Crippen LogP contribution in [-0.2, 0) is 19.4 Å². The molecule has 0 amide bonds. The van der Waals surface area contributed by atoms with E-state index in [2.05, 4.69) is 37.8 Å². The smallest absolute Gasteiger partial charge is 0.0672 e. The minimum Gasteiger partial charge on any atom is -0.313 e. The van der Waals surface area contributed by atoms with Crippen LogP contribution in [0, 0.1) is 5.92 Å². The molecular formula is C16H29N3. The Morgan fingerprint density at radius 3 is 2.47 bits per heavy atom. The molecule has 3 nitrogen and oxygen atoms in total. The molecule has 1 unspecified atom stereocenters. The van der Waals surface area contributed by atoms with E-state index in [1.165, 1.54) is 36.2 Å². The third kappa shape index (κ3) is 3.19. The average Bonchev–Trinajstić information content (AvgIpc) is 3.19. The number of hydrogen-bond acceptors (Lipinski definition) is 2. The van der Waals surface area contributed by atoms with Gasteiger partial charge < -0.3 is 5.32 Å². The first-order chi connectivity index (χ1) is 9.24. The zero-order valence-electron chi connectivity index (χ0n) is 13.0. The minimum atomic E-state index is 0.458. The first kappa shape index (κ1) is 14.6. The van der Waals surface area contributed by atoms with Crippen LogP contribution in [0.15, 0.2) is 0 Å². The van der Waals surface area contributed by atoms with Crippen molar-refractivity contribution in [2.24, 2.45) is 5.92 Å². The Labute approximate surface area is 117 Å². The second-order valence-corrected chi connectivity index (χ2v) is 5.72. The van der Waals surface area contributed by atoms with Gasteiger partial charge in [0.15, 0.2) is 0 Å². The highest BCUT2D eigenvalue weighted by atomic mass is 15.3. The minimum absolute atomic E-state index is 0.458. The topological polar surface area (TPSA) is 29.9 Å². The lowest BCUT2D eigenvalue weighted by atomic mass is 9.99. The van der Waals surface area contributed by atoms with Crippen LogP contribution in [0.2, 0.25) is 0 Å². The summed E-state index contributed by atoms with van der Waals surface area (Å²) in [5.41, 5.74) is 4.23. The summed E-state index contributed by atoms with van der Waals surface area (Å²) in [5.74, 6) is 0.980. The van der Waals surface area contributed by atoms with Crippen molar-refractivity contribution in [3.05, 3.63) is 17.0 Å². The molecule has 1 aliphatic rings. The van der Waals surface area contributed by atoms with Crippen molar-refractivity contribution < 1.29 is 0 Å². The molecular weight excluding hydrogens is 234 g/mol. The van der Waals surface area contributed by atoms with Gasteiger partial charge in [-0.2, -0.15) is 5.10 Å². The summed E-state index contributed by atoms with van der Waals surface area (Å²) in [6.45, 7) is 7.84. The van der Waals surface area contributed by atoms with Crippen molar-refractivity contribution in [1.29, 1.82) is 0 Å². The predicted octanol–water partition coefficient (Wildman–Crippen LogP) is 3.48. The van der Waals surface area contributed by atoms with E-state index in [0.717, 1.165) is 31.7 Å². The lowest BCUT2D eigenvalue weighted by molar-refractivity contribution is 0.520. The molecule has 1 aliphatic carbocycles. The number of rotatable bonds is 8. The van der Waals surface area contributed by atoms with Gasteiger partial charge >= 0.3 is 0 Å². The molecule has 1 aromatic heterocycles. The Bertz CT molecular complexity index is 400. The standard InChI is InChI=1S/C16H29N3/c1-5-13(17-4)16-14(6-2)18-19(15(16)7-3)11-10-12-8-9-12/h12-13,17H,5-11H2,1-4H3. The fourth-order valence-electron chi connectivity index (χ4n) is 3.05. The van der Waals surface area contributed by atoms with Crippen molar-refractivity contribution in [1.82, 2.24) is 15.1 Å². The van der Waals surface area contributed by atoms with E-state index >= 15 is 0 Å². The molecule has 0 aliphatic heterocycles. The molecule has 1 fully saturated rings. The number of aryl methyl sites for hydroxylation is 2. The molecule has 0 aromatic carbocycles. The maximum Gasteiger partial charge on any atom is 0.0672 e. The van der Waals surface area contributed by atoms with Gasteiger partial charge in [0.05, 0.1) is 5.69 Å². The fourth-order valence-corrected chi connectivity index (χ4v) is 3.05. The molecule has 0 saturated heterocycles. The monoisotopic (exact) mass is 263 g/mol. The van der Waals surface area contributed by atoms with E-state index in [0.29, 0.717) is 6.04 Å². The number of nitrogens with zero attached hydrogens (tertiary/aromatic N) is 2. The Morgan fingerprint density at radius 1 is 1.26 bits per heavy atom. The molecule has 1 atom stereocenters. The molecule has 0 radical (unpaired) electrons. The Morgan fingerprint density at radius 2 is 2.00 bits per heavy atom. The number of nitrogens with one attached hydrogen (secondary N) is 1. The van der Waals surface area contributed by atoms with Gasteiger partial charge in [0, 0.05) is 23.8 Å². The highest BCUT2D eigenvalue weighted by Gasteiger charge is 2.24. The van der Waals surface area contributed by atoms with Crippen LogP contribution < -0.4 is 5.32 Å². The molecule has 0 bridgehead atoms. The van der Waals surface area contributed by atoms with E-state index < -0.39 is 0 Å². The van der Waals surface area contributed by atoms with Crippen LogP contribution in [0.3, 0.4) is 0 Å². The van der Waals surface area contributed by atoms with Crippen LogP contribution in [0.4, 0.5) is 0 Å². The van der Waals surface area contributed by atoms with Gasteiger partial charge in [-0.25, -0.2) is 0 Å². The highest BCUT2D eigenvalue weighted by Crippen LogP contribution is 2.33. The van der Waals surface area contributed by atoms with E-state index in [-0.39, 0.29) is 0 Å². The van der Waals surface area contributed by atoms with Gasteiger partial charge in [0.2, 0.25) is 0 Å². The molecule has 1 aromatic rings. The lowest BCUT2D eigenvalue weighted by Crippen LogP contribution is -2.18. The second-order valence-electron chi connectivity index (χ2n) is 5.72. The third-order valence-electron chi connectivity index (χ3n) is 4.40. The van der Waals surface area contributed by atoms with Gasteiger partial charge in [-0.1, -0.05) is 33.6 Å². The Kier molecular flexibility index (Phi) is 5.03. The SMILES string of the molecule is CCc1nn(CCC2CC2)c(CC)c1C(CC)NC. The second kappa shape index (κ2) is 6.56. The molecule has 2 rings (SSSR count). The summed E-state index contributed by atoms with van der Waals surface area (Å²) in [7, 11) is 2.06. The molecule has 1 heterocycles. The molecule has 0 spiro atoms. The van der Waals surface area contributed by atoms with Gasteiger partial charge in [-0.05, 0) is 38.6 Å². The number of aromatic nitrogens is 2. The fraction of sp³-hybridized carbons (Fsp3) is 0.812. The van der Waals surface area contributed by atoms with Crippen LogP contribution in [0.1, 0.15) is 69.4 Å². The highest BCUT2D eigenvalue weighted by molar-refractivity contribution is 5.30. The van der Waals surface area contributed by atoms with Gasteiger partial charge in [0.25, 0.3) is 0 Å². The molecule has 108 valence electrons. The van der Waals surface area contributed by atoms with E-state index in [9.17, 15) is 0 Å². The van der Waals surface area contributed by atoms with E-state index in [1.54, 1.807) is 0 Å². The predicted molar refractivity (Wildman–Crippen MR) is 80.4 cm³/mol. The first-order valence-electron chi connectivity index (χ1n) is 8.00. The molecule has 1 N–H and O–H groups in total. The molecule has 19 heavy (non-hydrogen) atoms. The summed E-state index contributed by atoms with van der Waals surface area (Å²) < 4.78 is 2.30. The van der Waals surface area contributed by atoms with Crippen molar-refractivity contribution in [2.75, 3.05) is 7.05 Å². The summed E-state index contributed by atoms with van der Waals surface area (Å²) in [6.07, 6.45) is 7.44. The van der Waals surface area contributed by atoms with Gasteiger partial charge in [-0.15, -0.1) is 0 Å². The van der Waals surface area contributed by atoms with Crippen LogP contribution in [-0.4, -0.2) is 16.8 Å². The Balaban J connectivity index is 2.26. The zero-order valence-corrected chi connectivity index (χ0v) is 13.0. The van der Waals surface area contributed by atoms with Crippen molar-refractivity contribution in [2.45, 2.75) is 71.9 Å². The van der Waals surface area contributed by atoms with E-state index in [1.807, 2.05) is 0 Å². The summed E-state index contributed by atoms with van der Waals surface area (Å²) >= 11 is 0. The van der Waals surface area contributed by atoms with Crippen molar-refractivity contribution in [3.8, 4) is 0 Å². The van der Waals surface area contributed by atoms with E-state index in [4.69, 9.17) is 5.10 Å². The molecule has 3 heteroatoms. The number of hydrogen-bond donors (Lipinski definition) is 1. The van der Waals surface area contributed by atoms with Gasteiger partial charge in [-0.3, -0.25) is 4.68 Å². The molecule has 1 saturated carbocycles. The lowest BCUT2D eigenvalue weighted by Gasteiger charge is -2.16. The van der Waals surface area contributed by atoms with Gasteiger partial charge in [0.1, 0.15) is 0 Å². The Hall–Kier alpha value is -0.830. The summed E-state index contributed by atoms with van der Waals surface area (Å²) in [4.78, 5) is 0. The van der Waals surface area contributed by atoms with Crippen LogP contribution in [0.25, 0.3) is 0 Å². The van der Waals surface area contributed by atoms with Crippen molar-refractivity contribution >= 4 is 0 Å². The van der Waals surface area contributed by atoms with Crippen molar-refractivity contribution in [3.63, 3.8) is 0 Å². The summed E-state index contributed by atoms with van der Waals surface area (Å²) in [5, 5.41) is 8.35. The zero-order chi connectivity index (χ0) is 13.8. The average molecular weight is 263 g/mol. The van der Waals surface area contributed by atoms with Crippen LogP contribution in [0.5, 0.6) is 0 Å². The summed E-state index contributed by atoms with van der Waals surface area (Å²) in [6, 6.07) is 0.458. The maximum atomic E-state index is 4.89. The third-order valence-corrected chi connectivity index (χ3v) is 4.40. The largest absolute Gasteiger partial charge is 0.313 e.